The highest BCUT2D eigenvalue weighted by molar-refractivity contribution is 5.55. The molecule has 1 unspecified atom stereocenters. The summed E-state index contributed by atoms with van der Waals surface area (Å²) in [4.78, 5) is 10.1. The number of carbonyl (C=O) groups excluding carboxylic acids is 1. The molecule has 0 fully saturated rings. The van der Waals surface area contributed by atoms with E-state index in [1.54, 1.807) is 0 Å². The van der Waals surface area contributed by atoms with Crippen LogP contribution in [-0.4, -0.2) is 55.6 Å². The normalized spacial score (nSPS) is 12.8. The van der Waals surface area contributed by atoms with Crippen molar-refractivity contribution < 1.29 is 24.5 Å². The van der Waals surface area contributed by atoms with Gasteiger partial charge < -0.3 is 24.5 Å². The van der Waals surface area contributed by atoms with Crippen molar-refractivity contribution in [2.45, 2.75) is 6.10 Å². The number of hydrogen-bond donors (Lipinski definition) is 2. The second-order valence-corrected chi connectivity index (χ2v) is 2.06. The second kappa shape index (κ2) is 8.61. The molecule has 0 bridgehead atoms. The van der Waals surface area contributed by atoms with Crippen LogP contribution in [0.2, 0.25) is 0 Å². The third-order valence-corrected chi connectivity index (χ3v) is 1.13. The minimum Gasteiger partial charge on any atom is -0.394 e. The SMILES string of the molecule is O=CC(CO)OCCOCCO. The highest BCUT2D eigenvalue weighted by Gasteiger charge is 2.03. The van der Waals surface area contributed by atoms with Crippen molar-refractivity contribution in [1.82, 2.24) is 0 Å². The number of aliphatic hydroxyl groups excluding tert-OH is 2. The lowest BCUT2D eigenvalue weighted by Gasteiger charge is -2.08. The first-order valence-corrected chi connectivity index (χ1v) is 3.71. The van der Waals surface area contributed by atoms with Gasteiger partial charge in [0.25, 0.3) is 0 Å². The van der Waals surface area contributed by atoms with Crippen LogP contribution in [0.4, 0.5) is 0 Å². The van der Waals surface area contributed by atoms with Crippen LogP contribution in [0.25, 0.3) is 0 Å². The Morgan fingerprint density at radius 1 is 1.25 bits per heavy atom. The summed E-state index contributed by atoms with van der Waals surface area (Å²) in [5, 5.41) is 16.8. The third kappa shape index (κ3) is 6.23. The highest BCUT2D eigenvalue weighted by atomic mass is 16.5. The molecule has 1 atom stereocenters. The summed E-state index contributed by atoms with van der Waals surface area (Å²) in [7, 11) is 0. The summed E-state index contributed by atoms with van der Waals surface area (Å²) >= 11 is 0. The van der Waals surface area contributed by atoms with Crippen molar-refractivity contribution in [2.75, 3.05) is 33.0 Å². The standard InChI is InChI=1S/C7H14O5/c8-1-2-11-3-4-12-7(5-9)6-10/h5,7-8,10H,1-4,6H2. The van der Waals surface area contributed by atoms with E-state index in [-0.39, 0.29) is 26.4 Å². The molecule has 0 aliphatic heterocycles. The molecule has 72 valence electrons. The molecule has 0 aromatic rings. The quantitative estimate of drug-likeness (QED) is 0.352. The molecule has 0 aliphatic rings. The molecule has 0 rings (SSSR count). The molecule has 0 amide bonds. The zero-order valence-corrected chi connectivity index (χ0v) is 6.81. The molecule has 5 nitrogen and oxygen atoms in total. The topological polar surface area (TPSA) is 76.0 Å². The maximum absolute atomic E-state index is 10.1. The monoisotopic (exact) mass is 178 g/mol. The van der Waals surface area contributed by atoms with Gasteiger partial charge in [-0.1, -0.05) is 0 Å². The Hall–Kier alpha value is -0.490. The highest BCUT2D eigenvalue weighted by Crippen LogP contribution is 1.86. The maximum Gasteiger partial charge on any atom is 0.151 e. The second-order valence-electron chi connectivity index (χ2n) is 2.06. The van der Waals surface area contributed by atoms with Crippen LogP contribution in [-0.2, 0) is 14.3 Å². The van der Waals surface area contributed by atoms with Gasteiger partial charge in [-0.05, 0) is 0 Å². The number of ether oxygens (including phenoxy) is 2. The van der Waals surface area contributed by atoms with E-state index in [1.807, 2.05) is 0 Å². The maximum atomic E-state index is 10.1. The van der Waals surface area contributed by atoms with E-state index in [0.29, 0.717) is 12.9 Å². The van der Waals surface area contributed by atoms with Gasteiger partial charge in [0.05, 0.1) is 33.0 Å². The van der Waals surface area contributed by atoms with Crippen LogP contribution < -0.4 is 0 Å². The molecular formula is C7H14O5. The van der Waals surface area contributed by atoms with Gasteiger partial charge in [-0.15, -0.1) is 0 Å². The molecule has 0 heterocycles. The summed E-state index contributed by atoms with van der Waals surface area (Å²) in [6, 6.07) is 0. The zero-order valence-electron chi connectivity index (χ0n) is 6.81. The average Bonchev–Trinajstić information content (AvgIpc) is 2.11. The van der Waals surface area contributed by atoms with Crippen molar-refractivity contribution in [3.8, 4) is 0 Å². The Labute approximate surface area is 70.9 Å². The largest absolute Gasteiger partial charge is 0.394 e. The fourth-order valence-corrected chi connectivity index (χ4v) is 0.560. The van der Waals surface area contributed by atoms with E-state index >= 15 is 0 Å². The van der Waals surface area contributed by atoms with Gasteiger partial charge in [-0.25, -0.2) is 0 Å². The Morgan fingerprint density at radius 2 is 2.00 bits per heavy atom. The van der Waals surface area contributed by atoms with Gasteiger partial charge >= 0.3 is 0 Å². The van der Waals surface area contributed by atoms with Crippen molar-refractivity contribution in [1.29, 1.82) is 0 Å². The van der Waals surface area contributed by atoms with Crippen LogP contribution in [0.5, 0.6) is 0 Å². The molecule has 2 N–H and O–H groups in total. The van der Waals surface area contributed by atoms with Crippen LogP contribution in [0, 0.1) is 0 Å². The Balaban J connectivity index is 3.12. The number of carbonyl (C=O) groups is 1. The fourth-order valence-electron chi connectivity index (χ4n) is 0.560. The third-order valence-electron chi connectivity index (χ3n) is 1.13. The Kier molecular flexibility index (Phi) is 8.25. The van der Waals surface area contributed by atoms with Gasteiger partial charge in [0, 0.05) is 0 Å². The van der Waals surface area contributed by atoms with Crippen LogP contribution >= 0.6 is 0 Å². The molecule has 0 aromatic carbocycles. The molecule has 0 aliphatic carbocycles. The molecule has 0 saturated carbocycles. The lowest BCUT2D eigenvalue weighted by atomic mass is 10.4. The number of aldehydes is 1. The van der Waals surface area contributed by atoms with E-state index in [4.69, 9.17) is 19.7 Å². The lowest BCUT2D eigenvalue weighted by molar-refractivity contribution is -0.121. The van der Waals surface area contributed by atoms with E-state index < -0.39 is 6.10 Å². The summed E-state index contributed by atoms with van der Waals surface area (Å²) in [6.07, 6.45) is -0.228. The Bertz CT molecular complexity index is 106. The van der Waals surface area contributed by atoms with Gasteiger partial charge in [0.1, 0.15) is 6.10 Å². The van der Waals surface area contributed by atoms with E-state index in [9.17, 15) is 4.79 Å². The van der Waals surface area contributed by atoms with E-state index in [2.05, 4.69) is 0 Å². The zero-order chi connectivity index (χ0) is 9.23. The summed E-state index contributed by atoms with van der Waals surface area (Å²) in [5.74, 6) is 0. The fraction of sp³-hybridized carbons (Fsp3) is 0.857. The molecule has 12 heavy (non-hydrogen) atoms. The number of hydrogen-bond acceptors (Lipinski definition) is 5. The molecular weight excluding hydrogens is 164 g/mol. The van der Waals surface area contributed by atoms with Crippen molar-refractivity contribution >= 4 is 6.29 Å². The average molecular weight is 178 g/mol. The number of aliphatic hydroxyl groups is 2. The van der Waals surface area contributed by atoms with Crippen LogP contribution in [0.1, 0.15) is 0 Å². The van der Waals surface area contributed by atoms with Gasteiger partial charge in [0.15, 0.2) is 6.29 Å². The van der Waals surface area contributed by atoms with Gasteiger partial charge in [-0.2, -0.15) is 0 Å². The smallest absolute Gasteiger partial charge is 0.151 e. The van der Waals surface area contributed by atoms with Gasteiger partial charge in [-0.3, -0.25) is 0 Å². The summed E-state index contributed by atoms with van der Waals surface area (Å²) in [5.41, 5.74) is 0. The van der Waals surface area contributed by atoms with Crippen molar-refractivity contribution in [3.05, 3.63) is 0 Å². The Morgan fingerprint density at radius 3 is 2.50 bits per heavy atom. The minimum atomic E-state index is -0.761. The number of rotatable bonds is 8. The van der Waals surface area contributed by atoms with E-state index in [1.165, 1.54) is 0 Å². The molecule has 0 radical (unpaired) electrons. The first-order chi connectivity index (χ1) is 5.85. The van der Waals surface area contributed by atoms with Crippen LogP contribution in [0.15, 0.2) is 0 Å². The molecule has 0 aromatic heterocycles. The first kappa shape index (κ1) is 11.5. The first-order valence-electron chi connectivity index (χ1n) is 3.71. The molecule has 5 heteroatoms. The van der Waals surface area contributed by atoms with Crippen molar-refractivity contribution in [2.24, 2.45) is 0 Å². The lowest BCUT2D eigenvalue weighted by Crippen LogP contribution is -2.21. The van der Waals surface area contributed by atoms with Gasteiger partial charge in [0.2, 0.25) is 0 Å². The predicted molar refractivity (Wildman–Crippen MR) is 40.8 cm³/mol. The summed E-state index contributed by atoms with van der Waals surface area (Å²) < 4.78 is 9.71. The van der Waals surface area contributed by atoms with Crippen LogP contribution in [0.3, 0.4) is 0 Å². The molecule has 0 saturated heterocycles. The molecule has 0 spiro atoms. The van der Waals surface area contributed by atoms with Crippen molar-refractivity contribution in [3.63, 3.8) is 0 Å². The minimum absolute atomic E-state index is 0.0306. The van der Waals surface area contributed by atoms with E-state index in [0.717, 1.165) is 0 Å². The summed E-state index contributed by atoms with van der Waals surface area (Å²) in [6.45, 7) is 0.462. The predicted octanol–water partition coefficient (Wildman–Crippen LogP) is -1.43.